The molecule has 0 unspecified atom stereocenters. The minimum absolute atomic E-state index is 0.158. The van der Waals surface area contributed by atoms with E-state index in [1.807, 2.05) is 19.1 Å². The maximum absolute atomic E-state index is 9.70. The number of nitrogens with zero attached hydrogens (tertiary/aromatic N) is 1. The molecule has 18 heavy (non-hydrogen) atoms. The standard InChI is InChI=1S/C14H23N3O/c1-10-5-7-14(9-18,8-6-10)17-13-4-3-12(15)11(2)16-13/h3-4,10,18H,5-9,15H2,1-2H3,(H,16,17). The van der Waals surface area contributed by atoms with Crippen LogP contribution in [0.1, 0.15) is 38.3 Å². The van der Waals surface area contributed by atoms with Crippen LogP contribution in [0, 0.1) is 12.8 Å². The molecule has 1 aliphatic rings. The van der Waals surface area contributed by atoms with Gasteiger partial charge in [0.05, 0.1) is 23.5 Å². The van der Waals surface area contributed by atoms with E-state index in [0.29, 0.717) is 5.69 Å². The first-order valence-corrected chi connectivity index (χ1v) is 6.67. The van der Waals surface area contributed by atoms with E-state index in [1.165, 1.54) is 0 Å². The number of nitrogens with two attached hydrogens (primary N) is 1. The van der Waals surface area contributed by atoms with Crippen molar-refractivity contribution in [1.82, 2.24) is 4.98 Å². The first-order valence-electron chi connectivity index (χ1n) is 6.67. The van der Waals surface area contributed by atoms with E-state index in [-0.39, 0.29) is 12.1 Å². The number of aromatic nitrogens is 1. The first-order chi connectivity index (χ1) is 8.54. The van der Waals surface area contributed by atoms with Gasteiger partial charge in [0, 0.05) is 0 Å². The molecule has 0 spiro atoms. The average Bonchev–Trinajstić information content (AvgIpc) is 2.37. The normalized spacial score (nSPS) is 28.1. The molecule has 0 aromatic carbocycles. The highest BCUT2D eigenvalue weighted by Gasteiger charge is 2.33. The molecule has 0 radical (unpaired) electrons. The van der Waals surface area contributed by atoms with Crippen molar-refractivity contribution in [2.24, 2.45) is 5.92 Å². The summed E-state index contributed by atoms with van der Waals surface area (Å²) in [6.45, 7) is 4.33. The van der Waals surface area contributed by atoms with Gasteiger partial charge in [-0.3, -0.25) is 0 Å². The van der Waals surface area contributed by atoms with Gasteiger partial charge in [0.25, 0.3) is 0 Å². The quantitative estimate of drug-likeness (QED) is 0.769. The van der Waals surface area contributed by atoms with E-state index in [9.17, 15) is 5.11 Å². The number of nitrogen functional groups attached to an aromatic ring is 1. The molecule has 1 heterocycles. The lowest BCUT2D eigenvalue weighted by molar-refractivity contribution is 0.155. The van der Waals surface area contributed by atoms with Gasteiger partial charge in [-0.15, -0.1) is 0 Å². The summed E-state index contributed by atoms with van der Waals surface area (Å²) in [7, 11) is 0. The highest BCUT2D eigenvalue weighted by molar-refractivity contribution is 5.50. The number of hydrogen-bond donors (Lipinski definition) is 3. The fraction of sp³-hybridized carbons (Fsp3) is 0.643. The largest absolute Gasteiger partial charge is 0.397 e. The smallest absolute Gasteiger partial charge is 0.126 e. The molecular formula is C14H23N3O. The zero-order chi connectivity index (χ0) is 13.2. The van der Waals surface area contributed by atoms with Crippen LogP contribution in [0.2, 0.25) is 0 Å². The average molecular weight is 249 g/mol. The van der Waals surface area contributed by atoms with Crippen molar-refractivity contribution in [1.29, 1.82) is 0 Å². The lowest BCUT2D eigenvalue weighted by Gasteiger charge is -2.39. The van der Waals surface area contributed by atoms with Crippen LogP contribution >= 0.6 is 0 Å². The van der Waals surface area contributed by atoms with Gasteiger partial charge in [0.1, 0.15) is 5.82 Å². The summed E-state index contributed by atoms with van der Waals surface area (Å²) in [5.74, 6) is 1.57. The van der Waals surface area contributed by atoms with Crippen LogP contribution in [0.5, 0.6) is 0 Å². The van der Waals surface area contributed by atoms with Crippen molar-refractivity contribution in [2.45, 2.75) is 45.1 Å². The molecule has 100 valence electrons. The van der Waals surface area contributed by atoms with Crippen LogP contribution in [-0.2, 0) is 0 Å². The van der Waals surface area contributed by atoms with E-state index in [4.69, 9.17) is 5.73 Å². The summed E-state index contributed by atoms with van der Waals surface area (Å²) in [6, 6.07) is 3.75. The van der Waals surface area contributed by atoms with Crippen LogP contribution in [0.3, 0.4) is 0 Å². The van der Waals surface area contributed by atoms with Gasteiger partial charge in [-0.25, -0.2) is 4.98 Å². The third-order valence-corrected chi connectivity index (χ3v) is 4.05. The molecule has 0 bridgehead atoms. The van der Waals surface area contributed by atoms with E-state index in [1.54, 1.807) is 0 Å². The second-order valence-electron chi connectivity index (χ2n) is 5.62. The van der Waals surface area contributed by atoms with E-state index in [2.05, 4.69) is 17.2 Å². The van der Waals surface area contributed by atoms with Gasteiger partial charge in [-0.05, 0) is 50.7 Å². The molecule has 1 fully saturated rings. The molecule has 2 rings (SSSR count). The Balaban J connectivity index is 2.12. The first kappa shape index (κ1) is 13.1. The molecule has 1 aromatic rings. The Morgan fingerprint density at radius 3 is 2.67 bits per heavy atom. The molecule has 4 nitrogen and oxygen atoms in total. The Labute approximate surface area is 109 Å². The predicted octanol–water partition coefficient (Wildman–Crippen LogP) is 2.33. The minimum atomic E-state index is -0.206. The number of aliphatic hydroxyl groups is 1. The van der Waals surface area contributed by atoms with E-state index >= 15 is 0 Å². The van der Waals surface area contributed by atoms with Crippen molar-refractivity contribution >= 4 is 11.5 Å². The topological polar surface area (TPSA) is 71.2 Å². The molecule has 0 aliphatic heterocycles. The number of hydrogen-bond acceptors (Lipinski definition) is 4. The van der Waals surface area contributed by atoms with Crippen molar-refractivity contribution in [3.63, 3.8) is 0 Å². The zero-order valence-electron chi connectivity index (χ0n) is 11.2. The van der Waals surface area contributed by atoms with Crippen LogP contribution in [0.25, 0.3) is 0 Å². The number of pyridine rings is 1. The summed E-state index contributed by atoms with van der Waals surface area (Å²) < 4.78 is 0. The molecule has 1 saturated carbocycles. The van der Waals surface area contributed by atoms with Gasteiger partial charge >= 0.3 is 0 Å². The fourth-order valence-electron chi connectivity index (χ4n) is 2.55. The van der Waals surface area contributed by atoms with E-state index in [0.717, 1.165) is 43.1 Å². The fourth-order valence-corrected chi connectivity index (χ4v) is 2.55. The monoisotopic (exact) mass is 249 g/mol. The highest BCUT2D eigenvalue weighted by Crippen LogP contribution is 2.34. The van der Waals surface area contributed by atoms with Crippen molar-refractivity contribution in [3.8, 4) is 0 Å². The summed E-state index contributed by atoms with van der Waals surface area (Å²) in [4.78, 5) is 4.43. The molecule has 0 atom stereocenters. The molecule has 0 saturated heterocycles. The van der Waals surface area contributed by atoms with Crippen molar-refractivity contribution in [2.75, 3.05) is 17.7 Å². The van der Waals surface area contributed by atoms with Gasteiger partial charge in [0.2, 0.25) is 0 Å². The Morgan fingerprint density at radius 2 is 2.11 bits per heavy atom. The lowest BCUT2D eigenvalue weighted by Crippen LogP contribution is -2.45. The van der Waals surface area contributed by atoms with Crippen LogP contribution in [0.15, 0.2) is 12.1 Å². The molecular weight excluding hydrogens is 226 g/mol. The Morgan fingerprint density at radius 1 is 1.44 bits per heavy atom. The van der Waals surface area contributed by atoms with Crippen LogP contribution in [-0.4, -0.2) is 22.2 Å². The number of aliphatic hydroxyl groups excluding tert-OH is 1. The van der Waals surface area contributed by atoms with E-state index < -0.39 is 0 Å². The van der Waals surface area contributed by atoms with Crippen molar-refractivity contribution in [3.05, 3.63) is 17.8 Å². The molecule has 1 aromatic heterocycles. The SMILES string of the molecule is Cc1nc(NC2(CO)CCC(C)CC2)ccc1N. The number of anilines is 2. The summed E-state index contributed by atoms with van der Waals surface area (Å²) in [5.41, 5.74) is 7.09. The molecule has 0 amide bonds. The van der Waals surface area contributed by atoms with Crippen LogP contribution in [0.4, 0.5) is 11.5 Å². The van der Waals surface area contributed by atoms with Gasteiger partial charge in [-0.1, -0.05) is 6.92 Å². The van der Waals surface area contributed by atoms with Gasteiger partial charge < -0.3 is 16.2 Å². The number of aryl methyl sites for hydroxylation is 1. The Bertz CT molecular complexity index is 412. The second kappa shape index (κ2) is 5.14. The molecule has 4 heteroatoms. The van der Waals surface area contributed by atoms with Gasteiger partial charge in [0.15, 0.2) is 0 Å². The van der Waals surface area contributed by atoms with Crippen LogP contribution < -0.4 is 11.1 Å². The maximum atomic E-state index is 9.70. The zero-order valence-corrected chi connectivity index (χ0v) is 11.2. The van der Waals surface area contributed by atoms with Gasteiger partial charge in [-0.2, -0.15) is 0 Å². The number of rotatable bonds is 3. The van der Waals surface area contributed by atoms with Crippen molar-refractivity contribution < 1.29 is 5.11 Å². The Kier molecular flexibility index (Phi) is 3.76. The predicted molar refractivity (Wildman–Crippen MR) is 74.5 cm³/mol. The maximum Gasteiger partial charge on any atom is 0.126 e. The third kappa shape index (κ3) is 2.75. The lowest BCUT2D eigenvalue weighted by atomic mass is 9.77. The molecule has 4 N–H and O–H groups in total. The Hall–Kier alpha value is -1.29. The third-order valence-electron chi connectivity index (χ3n) is 4.05. The molecule has 1 aliphatic carbocycles. The summed E-state index contributed by atoms with van der Waals surface area (Å²) >= 11 is 0. The summed E-state index contributed by atoms with van der Waals surface area (Å²) in [6.07, 6.45) is 4.30. The number of nitrogens with one attached hydrogen (secondary N) is 1. The summed E-state index contributed by atoms with van der Waals surface area (Å²) in [5, 5.41) is 13.1. The highest BCUT2D eigenvalue weighted by atomic mass is 16.3. The minimum Gasteiger partial charge on any atom is -0.397 e. The second-order valence-corrected chi connectivity index (χ2v) is 5.62.